The predicted molar refractivity (Wildman–Crippen MR) is 71.4 cm³/mol. The number of hydrogen-bond acceptors (Lipinski definition) is 4. The maximum atomic E-state index is 11.8. The number of carbonyl (C=O) groups excluding carboxylic acids is 1. The number of carbonyl (C=O) groups is 1. The van der Waals surface area contributed by atoms with Crippen LogP contribution in [0.25, 0.3) is 0 Å². The van der Waals surface area contributed by atoms with Gasteiger partial charge in [0, 0.05) is 14.1 Å². The van der Waals surface area contributed by atoms with E-state index < -0.39 is 16.3 Å². The second-order valence-corrected chi connectivity index (χ2v) is 6.20. The van der Waals surface area contributed by atoms with Crippen molar-refractivity contribution in [1.29, 1.82) is 0 Å². The van der Waals surface area contributed by atoms with E-state index >= 15 is 0 Å². The van der Waals surface area contributed by atoms with Crippen molar-refractivity contribution in [2.24, 2.45) is 0 Å². The molecule has 0 fully saturated rings. The predicted octanol–water partition coefficient (Wildman–Crippen LogP) is 0.624. The number of rotatable bonds is 3. The van der Waals surface area contributed by atoms with E-state index in [1.54, 1.807) is 25.1 Å². The Kier molecular flexibility index (Phi) is 3.38. The third-order valence-corrected chi connectivity index (χ3v) is 4.11. The number of benzene rings is 1. The van der Waals surface area contributed by atoms with Crippen LogP contribution in [-0.4, -0.2) is 38.8 Å². The summed E-state index contributed by atoms with van der Waals surface area (Å²) in [5.41, 5.74) is 0.600. The van der Waals surface area contributed by atoms with Gasteiger partial charge in [0.2, 0.25) is 0 Å². The first kappa shape index (κ1) is 13.6. The topological polar surface area (TPSA) is 87.7 Å². The Morgan fingerprint density at radius 2 is 2.05 bits per heavy atom. The van der Waals surface area contributed by atoms with Crippen LogP contribution in [0.1, 0.15) is 6.92 Å². The lowest BCUT2D eigenvalue weighted by Crippen LogP contribution is -2.35. The van der Waals surface area contributed by atoms with Crippen molar-refractivity contribution in [3.8, 4) is 5.75 Å². The van der Waals surface area contributed by atoms with Gasteiger partial charge >= 0.3 is 10.2 Å². The SMILES string of the molecule is CC1Oc2cccc(NS(=O)(=O)N(C)C)c2NC1=O. The van der Waals surface area contributed by atoms with Crippen LogP contribution >= 0.6 is 0 Å². The van der Waals surface area contributed by atoms with Gasteiger partial charge in [0.25, 0.3) is 5.91 Å². The van der Waals surface area contributed by atoms with E-state index in [-0.39, 0.29) is 11.6 Å². The Morgan fingerprint density at radius 1 is 1.37 bits per heavy atom. The van der Waals surface area contributed by atoms with Gasteiger partial charge in [-0.15, -0.1) is 0 Å². The zero-order chi connectivity index (χ0) is 14.2. The van der Waals surface area contributed by atoms with E-state index in [0.29, 0.717) is 11.4 Å². The summed E-state index contributed by atoms with van der Waals surface area (Å²) in [5, 5.41) is 2.63. The molecule has 0 radical (unpaired) electrons. The molecule has 0 aliphatic carbocycles. The van der Waals surface area contributed by atoms with Crippen LogP contribution in [0.4, 0.5) is 11.4 Å². The molecule has 1 heterocycles. The molecule has 19 heavy (non-hydrogen) atoms. The summed E-state index contributed by atoms with van der Waals surface area (Å²) >= 11 is 0. The molecule has 1 atom stereocenters. The van der Waals surface area contributed by atoms with Gasteiger partial charge in [-0.2, -0.15) is 12.7 Å². The minimum absolute atomic E-state index is 0.270. The minimum Gasteiger partial charge on any atom is -0.479 e. The van der Waals surface area contributed by atoms with Crippen LogP contribution in [0.2, 0.25) is 0 Å². The number of anilines is 2. The van der Waals surface area contributed by atoms with Gasteiger partial charge in [0.1, 0.15) is 11.4 Å². The highest BCUT2D eigenvalue weighted by Gasteiger charge is 2.27. The van der Waals surface area contributed by atoms with Crippen LogP contribution in [0, 0.1) is 0 Å². The Hall–Kier alpha value is -1.80. The number of fused-ring (bicyclic) bond motifs is 1. The van der Waals surface area contributed by atoms with E-state index in [1.165, 1.54) is 14.1 Å². The van der Waals surface area contributed by atoms with E-state index in [9.17, 15) is 13.2 Å². The zero-order valence-corrected chi connectivity index (χ0v) is 11.6. The van der Waals surface area contributed by atoms with E-state index in [1.807, 2.05) is 0 Å². The molecule has 1 amide bonds. The van der Waals surface area contributed by atoms with Gasteiger partial charge in [0.05, 0.1) is 5.69 Å². The third-order valence-electron chi connectivity index (χ3n) is 2.67. The number of para-hydroxylation sites is 1. The van der Waals surface area contributed by atoms with Crippen LogP contribution in [0.15, 0.2) is 18.2 Å². The van der Waals surface area contributed by atoms with Crippen LogP contribution in [0.5, 0.6) is 5.75 Å². The Balaban J connectivity index is 2.39. The number of ether oxygens (including phenoxy) is 1. The van der Waals surface area contributed by atoms with Crippen molar-refractivity contribution in [3.05, 3.63) is 18.2 Å². The second-order valence-electron chi connectivity index (χ2n) is 4.32. The smallest absolute Gasteiger partial charge is 0.301 e. The molecule has 1 aliphatic heterocycles. The molecule has 2 rings (SSSR count). The van der Waals surface area contributed by atoms with Gasteiger partial charge in [-0.05, 0) is 19.1 Å². The molecular weight excluding hydrogens is 270 g/mol. The quantitative estimate of drug-likeness (QED) is 0.852. The van der Waals surface area contributed by atoms with Crippen molar-refractivity contribution in [1.82, 2.24) is 4.31 Å². The average Bonchev–Trinajstić information content (AvgIpc) is 2.31. The summed E-state index contributed by atoms with van der Waals surface area (Å²) in [7, 11) is -0.816. The molecule has 0 saturated carbocycles. The lowest BCUT2D eigenvalue weighted by molar-refractivity contribution is -0.122. The van der Waals surface area contributed by atoms with E-state index in [4.69, 9.17) is 4.74 Å². The van der Waals surface area contributed by atoms with Crippen LogP contribution < -0.4 is 14.8 Å². The highest BCUT2D eigenvalue weighted by Crippen LogP contribution is 2.36. The first-order valence-electron chi connectivity index (χ1n) is 5.62. The molecule has 8 heteroatoms. The number of amides is 1. The third kappa shape index (κ3) is 2.64. The summed E-state index contributed by atoms with van der Waals surface area (Å²) in [6.07, 6.45) is -0.604. The fraction of sp³-hybridized carbons (Fsp3) is 0.364. The monoisotopic (exact) mass is 285 g/mol. The molecule has 104 valence electrons. The highest BCUT2D eigenvalue weighted by molar-refractivity contribution is 7.90. The maximum Gasteiger partial charge on any atom is 0.301 e. The second kappa shape index (κ2) is 4.71. The zero-order valence-electron chi connectivity index (χ0n) is 10.8. The van der Waals surface area contributed by atoms with Gasteiger partial charge < -0.3 is 10.1 Å². The number of nitrogens with one attached hydrogen (secondary N) is 2. The lowest BCUT2D eigenvalue weighted by Gasteiger charge is -2.25. The van der Waals surface area contributed by atoms with Gasteiger partial charge in [0.15, 0.2) is 6.10 Å². The number of hydrogen-bond donors (Lipinski definition) is 2. The van der Waals surface area contributed by atoms with Gasteiger partial charge in [-0.1, -0.05) is 6.07 Å². The summed E-state index contributed by atoms with van der Waals surface area (Å²) in [5.74, 6) is 0.120. The molecule has 7 nitrogen and oxygen atoms in total. The first-order valence-corrected chi connectivity index (χ1v) is 7.06. The van der Waals surface area contributed by atoms with Gasteiger partial charge in [-0.25, -0.2) is 0 Å². The van der Waals surface area contributed by atoms with Crippen LogP contribution in [-0.2, 0) is 15.0 Å². The highest BCUT2D eigenvalue weighted by atomic mass is 32.2. The fourth-order valence-corrected chi connectivity index (χ4v) is 2.17. The van der Waals surface area contributed by atoms with Crippen molar-refractivity contribution in [2.45, 2.75) is 13.0 Å². The summed E-state index contributed by atoms with van der Waals surface area (Å²) in [4.78, 5) is 11.6. The Labute approximate surface area is 111 Å². The Morgan fingerprint density at radius 3 is 2.68 bits per heavy atom. The van der Waals surface area contributed by atoms with E-state index in [2.05, 4.69) is 10.0 Å². The number of nitrogens with zero attached hydrogens (tertiary/aromatic N) is 1. The molecule has 0 bridgehead atoms. The maximum absolute atomic E-state index is 11.8. The molecule has 0 aromatic heterocycles. The summed E-state index contributed by atoms with van der Waals surface area (Å²) in [6.45, 7) is 1.62. The summed E-state index contributed by atoms with van der Waals surface area (Å²) < 4.78 is 32.4. The molecule has 1 aliphatic rings. The summed E-state index contributed by atoms with van der Waals surface area (Å²) in [6, 6.07) is 4.87. The molecule has 0 saturated heterocycles. The first-order chi connectivity index (χ1) is 8.81. The van der Waals surface area contributed by atoms with Crippen molar-refractivity contribution in [3.63, 3.8) is 0 Å². The fourth-order valence-electron chi connectivity index (χ4n) is 1.54. The van der Waals surface area contributed by atoms with Gasteiger partial charge in [-0.3, -0.25) is 9.52 Å². The van der Waals surface area contributed by atoms with Crippen molar-refractivity contribution in [2.75, 3.05) is 24.1 Å². The molecule has 0 spiro atoms. The van der Waals surface area contributed by atoms with Crippen LogP contribution in [0.3, 0.4) is 0 Å². The Bertz CT molecular complexity index is 612. The van der Waals surface area contributed by atoms with E-state index in [0.717, 1.165) is 4.31 Å². The molecule has 1 aromatic rings. The standard InChI is InChI=1S/C11H15N3O4S/c1-7-11(15)12-10-8(5-4-6-9(10)18-7)13-19(16,17)14(2)3/h4-7,13H,1-3H3,(H,12,15). The van der Waals surface area contributed by atoms with Crippen molar-refractivity contribution < 1.29 is 17.9 Å². The average molecular weight is 285 g/mol. The molecule has 1 aromatic carbocycles. The molecule has 2 N–H and O–H groups in total. The van der Waals surface area contributed by atoms with Crippen molar-refractivity contribution >= 4 is 27.5 Å². The minimum atomic E-state index is -3.64. The largest absolute Gasteiger partial charge is 0.479 e. The lowest BCUT2D eigenvalue weighted by atomic mass is 10.2. The molecule has 1 unspecified atom stereocenters. The normalized spacial score (nSPS) is 18.5. The molecular formula is C11H15N3O4S.